The fourth-order valence-corrected chi connectivity index (χ4v) is 1.05. The van der Waals surface area contributed by atoms with Gasteiger partial charge in [0.05, 0.1) is 12.9 Å². The van der Waals surface area contributed by atoms with Crippen LogP contribution in [0.25, 0.3) is 0 Å². The molecule has 0 rings (SSSR count). The Hall–Kier alpha value is -0.460. The lowest BCUT2D eigenvalue weighted by atomic mass is 10.3. The summed E-state index contributed by atoms with van der Waals surface area (Å²) in [7, 11) is -2.53. The van der Waals surface area contributed by atoms with E-state index in [1.165, 1.54) is 0 Å². The number of carbonyl (C=O) groups excluding carboxylic acids is 1. The van der Waals surface area contributed by atoms with Crippen LogP contribution < -0.4 is 0 Å². The van der Waals surface area contributed by atoms with Crippen molar-refractivity contribution in [3.8, 4) is 0 Å². The average Bonchev–Trinajstić information content (AvgIpc) is 2.00. The number of rotatable bonds is 5. The lowest BCUT2D eigenvalue weighted by Gasteiger charge is -1.97. The van der Waals surface area contributed by atoms with Gasteiger partial charge in [0.1, 0.15) is 6.61 Å². The molecule has 0 radical (unpaired) electrons. The second-order valence-electron chi connectivity index (χ2n) is 1.88. The molecule has 0 aliphatic rings. The Bertz CT molecular complexity index is 217. The van der Waals surface area contributed by atoms with E-state index in [1.54, 1.807) is 0 Å². The molecular weight excluding hydrogens is 172 g/mol. The fraction of sp³-hybridized carbons (Fsp3) is 0.800. The Morgan fingerprint density at radius 3 is 2.45 bits per heavy atom. The van der Waals surface area contributed by atoms with Crippen molar-refractivity contribution in [1.29, 1.82) is 0 Å². The first-order valence-electron chi connectivity index (χ1n) is 2.92. The fourth-order valence-electron chi connectivity index (χ4n) is 0.401. The van der Waals surface area contributed by atoms with Gasteiger partial charge in [0.2, 0.25) is 0 Å². The van der Waals surface area contributed by atoms with Crippen molar-refractivity contribution in [3.63, 3.8) is 0 Å². The van der Waals surface area contributed by atoms with Crippen LogP contribution in [-0.2, 0) is 19.1 Å². The molecule has 0 aromatic rings. The number of hydrogen-bond donors (Lipinski definition) is 1. The van der Waals surface area contributed by atoms with Crippen molar-refractivity contribution < 1.29 is 22.5 Å². The molecule has 0 aliphatic heterocycles. The van der Waals surface area contributed by atoms with Gasteiger partial charge < -0.3 is 5.11 Å². The first kappa shape index (κ1) is 10.5. The van der Waals surface area contributed by atoms with Crippen LogP contribution in [0.2, 0.25) is 0 Å². The largest absolute Gasteiger partial charge is 0.389 e. The van der Waals surface area contributed by atoms with E-state index >= 15 is 0 Å². The minimum atomic E-state index is -3.56. The summed E-state index contributed by atoms with van der Waals surface area (Å²) in [6, 6.07) is 0. The first-order valence-corrected chi connectivity index (χ1v) is 4.50. The smallest absolute Gasteiger partial charge is 0.267 e. The molecule has 0 aliphatic carbocycles. The molecule has 0 amide bonds. The normalized spacial score (nSPS) is 11.5. The van der Waals surface area contributed by atoms with Crippen molar-refractivity contribution >= 4 is 15.9 Å². The zero-order valence-electron chi connectivity index (χ0n) is 6.11. The van der Waals surface area contributed by atoms with Crippen LogP contribution in [0.1, 0.15) is 6.42 Å². The average molecular weight is 182 g/mol. The summed E-state index contributed by atoms with van der Waals surface area (Å²) in [6.45, 7) is -0.626. The van der Waals surface area contributed by atoms with Crippen LogP contribution in [0.3, 0.4) is 0 Å². The maximum atomic E-state index is 10.6. The third-order valence-electron chi connectivity index (χ3n) is 1.06. The summed E-state index contributed by atoms with van der Waals surface area (Å²) >= 11 is 0. The van der Waals surface area contributed by atoms with Crippen molar-refractivity contribution in [2.75, 3.05) is 19.5 Å². The minimum Gasteiger partial charge on any atom is -0.389 e. The van der Waals surface area contributed by atoms with E-state index in [2.05, 4.69) is 4.18 Å². The van der Waals surface area contributed by atoms with Crippen molar-refractivity contribution in [1.82, 2.24) is 0 Å². The number of carbonyl (C=O) groups is 1. The quantitative estimate of drug-likeness (QED) is 0.547. The Kier molecular flexibility index (Phi) is 4.24. The van der Waals surface area contributed by atoms with Gasteiger partial charge in [0.25, 0.3) is 10.1 Å². The minimum absolute atomic E-state index is 0.202. The molecule has 0 unspecified atom stereocenters. The van der Waals surface area contributed by atoms with Crippen LogP contribution in [-0.4, -0.2) is 38.8 Å². The van der Waals surface area contributed by atoms with Gasteiger partial charge in [-0.05, 0) is 0 Å². The molecule has 0 heterocycles. The van der Waals surface area contributed by atoms with Crippen LogP contribution in [0.5, 0.6) is 0 Å². The van der Waals surface area contributed by atoms with Gasteiger partial charge in [-0.15, -0.1) is 0 Å². The van der Waals surface area contributed by atoms with E-state index in [-0.39, 0.29) is 12.2 Å². The van der Waals surface area contributed by atoms with E-state index in [4.69, 9.17) is 5.11 Å². The molecule has 0 aromatic heterocycles. The van der Waals surface area contributed by atoms with Crippen molar-refractivity contribution in [2.24, 2.45) is 0 Å². The topological polar surface area (TPSA) is 80.7 Å². The Morgan fingerprint density at radius 2 is 2.09 bits per heavy atom. The molecule has 0 saturated heterocycles. The Balaban J connectivity index is 3.80. The van der Waals surface area contributed by atoms with E-state index in [0.717, 1.165) is 7.11 Å². The van der Waals surface area contributed by atoms with Crippen LogP contribution >= 0.6 is 0 Å². The molecule has 0 bridgehead atoms. The Labute approximate surface area is 65.1 Å². The first-order chi connectivity index (χ1) is 5.02. The molecule has 0 spiro atoms. The van der Waals surface area contributed by atoms with Gasteiger partial charge in [0.15, 0.2) is 5.78 Å². The molecule has 11 heavy (non-hydrogen) atoms. The molecule has 0 saturated carbocycles. The van der Waals surface area contributed by atoms with Crippen molar-refractivity contribution in [2.45, 2.75) is 6.42 Å². The molecule has 6 heteroatoms. The summed E-state index contributed by atoms with van der Waals surface area (Å²) in [5.41, 5.74) is 0. The summed E-state index contributed by atoms with van der Waals surface area (Å²) in [5, 5.41) is 8.22. The van der Waals surface area contributed by atoms with Crippen molar-refractivity contribution in [3.05, 3.63) is 0 Å². The summed E-state index contributed by atoms with van der Waals surface area (Å²) in [4.78, 5) is 10.4. The summed E-state index contributed by atoms with van der Waals surface area (Å²) < 4.78 is 25.2. The van der Waals surface area contributed by atoms with E-state index in [9.17, 15) is 13.2 Å². The number of aliphatic hydroxyl groups is 1. The second-order valence-corrected chi connectivity index (χ2v) is 3.73. The molecule has 0 aromatic carbocycles. The highest BCUT2D eigenvalue weighted by Gasteiger charge is 2.10. The summed E-state index contributed by atoms with van der Waals surface area (Å²) in [5.74, 6) is -0.881. The number of hydrogen-bond acceptors (Lipinski definition) is 5. The Morgan fingerprint density at radius 1 is 1.55 bits per heavy atom. The highest BCUT2D eigenvalue weighted by molar-refractivity contribution is 7.86. The van der Waals surface area contributed by atoms with E-state index in [1.807, 2.05) is 0 Å². The van der Waals surface area contributed by atoms with Gasteiger partial charge in [-0.1, -0.05) is 0 Å². The predicted octanol–water partition coefficient (Wildman–Crippen LogP) is -1.09. The monoisotopic (exact) mass is 182 g/mol. The molecule has 0 fully saturated rings. The number of Topliss-reactive ketones (excluding diaryl/α,β-unsaturated/α-hetero) is 1. The van der Waals surface area contributed by atoms with Gasteiger partial charge >= 0.3 is 0 Å². The zero-order chi connectivity index (χ0) is 8.91. The molecule has 5 nitrogen and oxygen atoms in total. The van der Waals surface area contributed by atoms with Crippen LogP contribution in [0, 0.1) is 0 Å². The van der Waals surface area contributed by atoms with Gasteiger partial charge in [-0.2, -0.15) is 8.42 Å². The van der Waals surface area contributed by atoms with Crippen LogP contribution in [0.15, 0.2) is 0 Å². The standard InChI is InChI=1S/C5H10O5S/c1-10-11(8,9)3-2-5(7)4-6/h6H,2-4H2,1H3. The molecule has 1 N–H and O–H groups in total. The lowest BCUT2D eigenvalue weighted by molar-refractivity contribution is -0.121. The second kappa shape index (κ2) is 4.42. The highest BCUT2D eigenvalue weighted by atomic mass is 32.2. The molecule has 66 valence electrons. The third kappa shape index (κ3) is 4.88. The zero-order valence-corrected chi connectivity index (χ0v) is 6.93. The maximum absolute atomic E-state index is 10.6. The van der Waals surface area contributed by atoms with E-state index < -0.39 is 22.5 Å². The number of aliphatic hydroxyl groups excluding tert-OH is 1. The maximum Gasteiger partial charge on any atom is 0.267 e. The van der Waals surface area contributed by atoms with E-state index in [0.29, 0.717) is 0 Å². The predicted molar refractivity (Wildman–Crippen MR) is 37.5 cm³/mol. The van der Waals surface area contributed by atoms with Gasteiger partial charge in [0, 0.05) is 6.42 Å². The summed E-state index contributed by atoms with van der Waals surface area (Å²) in [6.07, 6.45) is -0.202. The van der Waals surface area contributed by atoms with Gasteiger partial charge in [-0.3, -0.25) is 8.98 Å². The molecular formula is C5H10O5S. The van der Waals surface area contributed by atoms with Gasteiger partial charge in [-0.25, -0.2) is 0 Å². The SMILES string of the molecule is COS(=O)(=O)CCC(=O)CO. The highest BCUT2D eigenvalue weighted by Crippen LogP contribution is 1.94. The number of ketones is 1. The van der Waals surface area contributed by atoms with Crippen LogP contribution in [0.4, 0.5) is 0 Å². The lowest BCUT2D eigenvalue weighted by Crippen LogP contribution is -2.14. The third-order valence-corrected chi connectivity index (χ3v) is 2.27. The molecule has 0 atom stereocenters.